The van der Waals surface area contributed by atoms with Crippen molar-refractivity contribution in [3.8, 4) is 12.3 Å². The van der Waals surface area contributed by atoms with Crippen molar-refractivity contribution in [2.24, 2.45) is 4.99 Å². The quantitative estimate of drug-likeness (QED) is 0.226. The Bertz CT molecular complexity index is 1740. The number of carbonyl (C=O) groups is 1. The van der Waals surface area contributed by atoms with Gasteiger partial charge >= 0.3 is 5.63 Å². The third-order valence-corrected chi connectivity index (χ3v) is 6.04. The third kappa shape index (κ3) is 3.20. The summed E-state index contributed by atoms with van der Waals surface area (Å²) in [4.78, 5) is 29.5. The number of aromatic nitrogens is 1. The molecule has 3 aromatic carbocycles. The van der Waals surface area contributed by atoms with Crippen LogP contribution in [-0.2, 0) is 6.54 Å². The summed E-state index contributed by atoms with van der Waals surface area (Å²) in [5.74, 6) is -0.0801. The second-order valence-corrected chi connectivity index (χ2v) is 7.98. The van der Waals surface area contributed by atoms with E-state index in [1.165, 1.54) is 10.6 Å². The Morgan fingerprint density at radius 3 is 2.75 bits per heavy atom. The number of nitrogens with zero attached hydrogens (tertiary/aromatic N) is 2. The smallest absolute Gasteiger partial charge is 0.349 e. The molecule has 156 valence electrons. The predicted octanol–water partition coefficient (Wildman–Crippen LogP) is 4.61. The first-order valence-electron chi connectivity index (χ1n) is 9.43. The molecule has 5 nitrogen and oxygen atoms in total. The summed E-state index contributed by atoms with van der Waals surface area (Å²) in [6, 6.07) is 14.3. The largest absolute Gasteiger partial charge is 0.422 e. The number of benzene rings is 3. The van der Waals surface area contributed by atoms with Crippen molar-refractivity contribution in [2.75, 3.05) is 0 Å². The van der Waals surface area contributed by atoms with Crippen molar-refractivity contribution in [1.82, 2.24) is 4.57 Å². The standard InChI is InChI=1S/C24H12F2N2O3S/c1-2-9-28-21-18(26)10-14(25)11-20(21)32-24(28)27-22(29)17-12-16-15-6-4-3-5-13(15)7-8-19(16)31-23(17)30/h1,3-8,10-12H,9H2. The number of carbonyl (C=O) groups excluding carboxylic acids is 1. The Morgan fingerprint density at radius 1 is 1.12 bits per heavy atom. The number of rotatable bonds is 2. The van der Waals surface area contributed by atoms with Crippen LogP contribution < -0.4 is 10.4 Å². The first kappa shape index (κ1) is 19.8. The van der Waals surface area contributed by atoms with E-state index in [1.807, 2.05) is 30.3 Å². The van der Waals surface area contributed by atoms with Crippen LogP contribution in [-0.4, -0.2) is 10.5 Å². The van der Waals surface area contributed by atoms with Crippen LogP contribution in [0.25, 0.3) is 32.0 Å². The first-order valence-corrected chi connectivity index (χ1v) is 10.2. The number of terminal acetylenes is 1. The van der Waals surface area contributed by atoms with Gasteiger partial charge in [0.1, 0.15) is 17.0 Å². The molecule has 0 N–H and O–H groups in total. The van der Waals surface area contributed by atoms with E-state index in [0.717, 1.165) is 34.2 Å². The maximum absolute atomic E-state index is 14.4. The van der Waals surface area contributed by atoms with E-state index >= 15 is 0 Å². The maximum Gasteiger partial charge on any atom is 0.349 e. The van der Waals surface area contributed by atoms with Gasteiger partial charge in [0, 0.05) is 11.5 Å². The minimum atomic E-state index is -0.869. The first-order chi connectivity index (χ1) is 15.5. The molecule has 2 heterocycles. The summed E-state index contributed by atoms with van der Waals surface area (Å²) in [7, 11) is 0. The number of hydrogen-bond acceptors (Lipinski definition) is 4. The van der Waals surface area contributed by atoms with Crippen molar-refractivity contribution in [2.45, 2.75) is 6.54 Å². The molecule has 0 fully saturated rings. The van der Waals surface area contributed by atoms with Crippen molar-refractivity contribution in [3.63, 3.8) is 0 Å². The maximum atomic E-state index is 14.4. The average Bonchev–Trinajstić information content (AvgIpc) is 3.10. The van der Waals surface area contributed by atoms with E-state index in [-0.39, 0.29) is 27.1 Å². The molecule has 0 aliphatic rings. The molecule has 0 saturated heterocycles. The van der Waals surface area contributed by atoms with E-state index in [0.29, 0.717) is 11.0 Å². The fourth-order valence-corrected chi connectivity index (χ4v) is 4.69. The molecule has 0 aliphatic carbocycles. The van der Waals surface area contributed by atoms with Crippen LogP contribution in [0.5, 0.6) is 0 Å². The highest BCUT2D eigenvalue weighted by Crippen LogP contribution is 2.25. The fraction of sp³-hybridized carbons (Fsp3) is 0.0417. The van der Waals surface area contributed by atoms with Gasteiger partial charge in [-0.1, -0.05) is 47.6 Å². The molecule has 0 saturated carbocycles. The van der Waals surface area contributed by atoms with Gasteiger partial charge in [-0.15, -0.1) is 6.42 Å². The number of halogens is 2. The lowest BCUT2D eigenvalue weighted by atomic mass is 10.0. The number of fused-ring (bicyclic) bond motifs is 4. The van der Waals surface area contributed by atoms with Gasteiger partial charge in [0.15, 0.2) is 10.6 Å². The Balaban J connectivity index is 1.74. The highest BCUT2D eigenvalue weighted by atomic mass is 32.1. The molecular weight excluding hydrogens is 434 g/mol. The second kappa shape index (κ2) is 7.55. The molecular formula is C24H12F2N2O3S. The van der Waals surface area contributed by atoms with Gasteiger partial charge in [-0.25, -0.2) is 13.6 Å². The van der Waals surface area contributed by atoms with Gasteiger partial charge in [-0.05, 0) is 29.0 Å². The summed E-state index contributed by atoms with van der Waals surface area (Å²) in [5.41, 5.74) is -0.738. The minimum absolute atomic E-state index is 0.0393. The van der Waals surface area contributed by atoms with Crippen LogP contribution in [0.15, 0.2) is 68.8 Å². The predicted molar refractivity (Wildman–Crippen MR) is 118 cm³/mol. The van der Waals surface area contributed by atoms with Crippen molar-refractivity contribution >= 4 is 49.2 Å². The van der Waals surface area contributed by atoms with Gasteiger partial charge < -0.3 is 8.98 Å². The van der Waals surface area contributed by atoms with E-state index in [9.17, 15) is 18.4 Å². The molecule has 0 unspecified atom stereocenters. The molecule has 0 bridgehead atoms. The molecule has 1 amide bonds. The molecule has 5 rings (SSSR count). The van der Waals surface area contributed by atoms with Gasteiger partial charge in [-0.2, -0.15) is 4.99 Å². The molecule has 8 heteroatoms. The highest BCUT2D eigenvalue weighted by molar-refractivity contribution is 7.16. The van der Waals surface area contributed by atoms with E-state index in [4.69, 9.17) is 10.8 Å². The Morgan fingerprint density at radius 2 is 1.94 bits per heavy atom. The normalized spacial score (nSPS) is 12.0. The lowest BCUT2D eigenvalue weighted by molar-refractivity contribution is 0.0994. The van der Waals surface area contributed by atoms with Gasteiger partial charge in [-0.3, -0.25) is 4.79 Å². The number of amides is 1. The Labute approximate surface area is 182 Å². The van der Waals surface area contributed by atoms with Crippen molar-refractivity contribution in [1.29, 1.82) is 0 Å². The third-order valence-electron chi connectivity index (χ3n) is 5.01. The van der Waals surface area contributed by atoms with Gasteiger partial charge in [0.2, 0.25) is 0 Å². The summed E-state index contributed by atoms with van der Waals surface area (Å²) in [5, 5.41) is 2.31. The Kier molecular flexibility index (Phi) is 4.68. The lowest BCUT2D eigenvalue weighted by Crippen LogP contribution is -2.19. The van der Waals surface area contributed by atoms with Crippen LogP contribution in [0.4, 0.5) is 8.78 Å². The minimum Gasteiger partial charge on any atom is -0.422 e. The SMILES string of the molecule is C#CCn1c(=NC(=O)c2cc3c(ccc4ccccc43)oc2=O)sc2cc(F)cc(F)c21. The van der Waals surface area contributed by atoms with Crippen molar-refractivity contribution < 1.29 is 18.0 Å². The molecule has 32 heavy (non-hydrogen) atoms. The van der Waals surface area contributed by atoms with E-state index in [1.54, 1.807) is 6.07 Å². The summed E-state index contributed by atoms with van der Waals surface area (Å²) >= 11 is 0.894. The molecule has 0 aliphatic heterocycles. The zero-order valence-electron chi connectivity index (χ0n) is 16.3. The van der Waals surface area contributed by atoms with Crippen LogP contribution >= 0.6 is 11.3 Å². The topological polar surface area (TPSA) is 64.6 Å². The lowest BCUT2D eigenvalue weighted by Gasteiger charge is -2.04. The van der Waals surface area contributed by atoms with Crippen LogP contribution in [0.1, 0.15) is 10.4 Å². The highest BCUT2D eigenvalue weighted by Gasteiger charge is 2.17. The summed E-state index contributed by atoms with van der Waals surface area (Å²) < 4.78 is 34.9. The zero-order chi connectivity index (χ0) is 22.4. The van der Waals surface area contributed by atoms with Crippen LogP contribution in [0.2, 0.25) is 0 Å². The molecule has 5 aromatic rings. The van der Waals surface area contributed by atoms with Crippen molar-refractivity contribution in [3.05, 3.63) is 87.0 Å². The van der Waals surface area contributed by atoms with Crippen LogP contribution in [0.3, 0.4) is 0 Å². The number of hydrogen-bond donors (Lipinski definition) is 0. The van der Waals surface area contributed by atoms with Crippen LogP contribution in [0, 0.1) is 24.0 Å². The Hall–Kier alpha value is -4.09. The number of thiazole rings is 1. The fourth-order valence-electron chi connectivity index (χ4n) is 3.62. The van der Waals surface area contributed by atoms with Gasteiger partial charge in [0.05, 0.1) is 16.8 Å². The molecule has 0 spiro atoms. The zero-order valence-corrected chi connectivity index (χ0v) is 17.1. The molecule has 2 aromatic heterocycles. The molecule has 0 radical (unpaired) electrons. The second-order valence-electron chi connectivity index (χ2n) is 6.97. The average molecular weight is 446 g/mol. The monoisotopic (exact) mass is 446 g/mol. The summed E-state index contributed by atoms with van der Waals surface area (Å²) in [6.45, 7) is -0.0916. The van der Waals surface area contributed by atoms with E-state index < -0.39 is 23.2 Å². The van der Waals surface area contributed by atoms with Gasteiger partial charge in [0.25, 0.3) is 5.91 Å². The summed E-state index contributed by atoms with van der Waals surface area (Å²) in [6.07, 6.45) is 5.39. The molecule has 0 atom stereocenters. The van der Waals surface area contributed by atoms with E-state index in [2.05, 4.69) is 10.9 Å².